The van der Waals surface area contributed by atoms with E-state index in [9.17, 15) is 0 Å². The van der Waals surface area contributed by atoms with Crippen LogP contribution in [0.1, 0.15) is 39.0 Å². The van der Waals surface area contributed by atoms with E-state index in [4.69, 9.17) is 9.84 Å². The average molecular weight is 267 g/mol. The van der Waals surface area contributed by atoms with Gasteiger partial charge in [-0.2, -0.15) is 0 Å². The molecule has 19 heavy (non-hydrogen) atoms. The van der Waals surface area contributed by atoms with Gasteiger partial charge in [-0.1, -0.05) is 0 Å². The van der Waals surface area contributed by atoms with Gasteiger partial charge in [0.05, 0.1) is 12.3 Å². The summed E-state index contributed by atoms with van der Waals surface area (Å²) < 4.78 is 5.57. The van der Waals surface area contributed by atoms with E-state index >= 15 is 0 Å². The van der Waals surface area contributed by atoms with Gasteiger partial charge in [-0.25, -0.2) is 9.97 Å². The smallest absolute Gasteiger partial charge is 0.316 e. The number of aliphatic hydroxyl groups is 1. The molecule has 0 saturated carbocycles. The number of aryl methyl sites for hydroxylation is 1. The monoisotopic (exact) mass is 267 g/mol. The van der Waals surface area contributed by atoms with Gasteiger partial charge in [0.15, 0.2) is 0 Å². The first kappa shape index (κ1) is 15.9. The number of aromatic nitrogens is 2. The highest BCUT2D eigenvalue weighted by Gasteiger charge is 2.13. The van der Waals surface area contributed by atoms with Crippen LogP contribution in [0.15, 0.2) is 6.20 Å². The van der Waals surface area contributed by atoms with Crippen molar-refractivity contribution >= 4 is 0 Å². The molecule has 1 rings (SSSR count). The van der Waals surface area contributed by atoms with Gasteiger partial charge in [0.25, 0.3) is 0 Å². The highest BCUT2D eigenvalue weighted by Crippen LogP contribution is 2.09. The van der Waals surface area contributed by atoms with Crippen LogP contribution in [-0.4, -0.2) is 45.2 Å². The molecule has 0 aliphatic carbocycles. The number of hydrogen-bond donors (Lipinski definition) is 1. The van der Waals surface area contributed by atoms with E-state index in [1.807, 2.05) is 6.92 Å². The summed E-state index contributed by atoms with van der Waals surface area (Å²) in [6.45, 7) is 11.9. The average Bonchev–Trinajstić information content (AvgIpc) is 2.33. The van der Waals surface area contributed by atoms with E-state index in [1.54, 1.807) is 6.20 Å². The minimum atomic E-state index is -0.0411. The maximum atomic E-state index is 9.05. The lowest BCUT2D eigenvalue weighted by atomic mass is 10.2. The summed E-state index contributed by atoms with van der Waals surface area (Å²) in [6, 6.07) is 1.35. The molecule has 0 aliphatic rings. The Kier molecular flexibility index (Phi) is 6.18. The Morgan fingerprint density at radius 1 is 1.26 bits per heavy atom. The molecule has 0 radical (unpaired) electrons. The molecule has 1 N–H and O–H groups in total. The summed E-state index contributed by atoms with van der Waals surface area (Å²) >= 11 is 0. The van der Waals surface area contributed by atoms with Crippen LogP contribution in [0.4, 0.5) is 0 Å². The highest BCUT2D eigenvalue weighted by molar-refractivity contribution is 5.16. The van der Waals surface area contributed by atoms with Crippen LogP contribution in [0, 0.1) is 6.92 Å². The highest BCUT2D eigenvalue weighted by atomic mass is 16.5. The van der Waals surface area contributed by atoms with E-state index < -0.39 is 0 Å². The molecular weight excluding hydrogens is 242 g/mol. The quantitative estimate of drug-likeness (QED) is 0.816. The Hall–Kier alpha value is -1.20. The molecule has 108 valence electrons. The van der Waals surface area contributed by atoms with Crippen molar-refractivity contribution in [2.24, 2.45) is 0 Å². The molecule has 0 fully saturated rings. The van der Waals surface area contributed by atoms with E-state index in [2.05, 4.69) is 42.6 Å². The summed E-state index contributed by atoms with van der Waals surface area (Å²) in [7, 11) is 0. The van der Waals surface area contributed by atoms with Crippen LogP contribution in [0.5, 0.6) is 6.01 Å². The van der Waals surface area contributed by atoms with Crippen molar-refractivity contribution in [1.29, 1.82) is 0 Å². The fraction of sp³-hybridized carbons (Fsp3) is 0.714. The van der Waals surface area contributed by atoms with Crippen molar-refractivity contribution in [1.82, 2.24) is 14.9 Å². The van der Waals surface area contributed by atoms with Crippen LogP contribution >= 0.6 is 0 Å². The molecule has 5 heteroatoms. The molecule has 0 bridgehead atoms. The van der Waals surface area contributed by atoms with Gasteiger partial charge in [-0.3, -0.25) is 4.90 Å². The summed E-state index contributed by atoms with van der Waals surface area (Å²) in [5.41, 5.74) is 1.50. The van der Waals surface area contributed by atoms with E-state index in [-0.39, 0.29) is 6.61 Å². The zero-order chi connectivity index (χ0) is 14.4. The van der Waals surface area contributed by atoms with Crippen LogP contribution in [0.3, 0.4) is 0 Å². The van der Waals surface area contributed by atoms with Crippen molar-refractivity contribution < 1.29 is 9.84 Å². The molecule has 1 aromatic rings. The molecule has 0 atom stereocenters. The second-order valence-corrected chi connectivity index (χ2v) is 5.20. The van der Waals surface area contributed by atoms with Crippen molar-refractivity contribution in [2.45, 2.75) is 53.3 Å². The lowest BCUT2D eigenvalue weighted by molar-refractivity contribution is 0.138. The van der Waals surface area contributed by atoms with Gasteiger partial charge in [0, 0.05) is 30.4 Å². The summed E-state index contributed by atoms with van der Waals surface area (Å²) in [6.07, 6.45) is 1.61. The third-order valence-electron chi connectivity index (χ3n) is 3.14. The van der Waals surface area contributed by atoms with Crippen LogP contribution < -0.4 is 4.74 Å². The van der Waals surface area contributed by atoms with Crippen molar-refractivity contribution in [3.63, 3.8) is 0 Å². The first-order valence-corrected chi connectivity index (χ1v) is 6.77. The zero-order valence-corrected chi connectivity index (χ0v) is 12.6. The Bertz CT molecular complexity index is 386. The van der Waals surface area contributed by atoms with Gasteiger partial charge in [-0.15, -0.1) is 0 Å². The first-order valence-electron chi connectivity index (χ1n) is 6.77. The molecule has 0 spiro atoms. The van der Waals surface area contributed by atoms with Crippen molar-refractivity contribution in [2.75, 3.05) is 13.2 Å². The maximum absolute atomic E-state index is 9.05. The molecule has 0 unspecified atom stereocenters. The van der Waals surface area contributed by atoms with Crippen LogP contribution in [0.25, 0.3) is 0 Å². The molecule has 1 aromatic heterocycles. The molecule has 1 heterocycles. The molecule has 0 aromatic carbocycles. The van der Waals surface area contributed by atoms with Gasteiger partial charge in [0.1, 0.15) is 6.61 Å². The largest absolute Gasteiger partial charge is 0.462 e. The third kappa shape index (κ3) is 4.76. The van der Waals surface area contributed by atoms with Gasteiger partial charge in [0.2, 0.25) is 0 Å². The number of nitrogens with zero attached hydrogens (tertiary/aromatic N) is 3. The number of rotatable bonds is 7. The van der Waals surface area contributed by atoms with Crippen LogP contribution in [-0.2, 0) is 6.61 Å². The zero-order valence-electron chi connectivity index (χ0n) is 12.6. The minimum Gasteiger partial charge on any atom is -0.462 e. The van der Waals surface area contributed by atoms with Gasteiger partial charge in [-0.05, 0) is 34.6 Å². The fourth-order valence-electron chi connectivity index (χ4n) is 2.05. The minimum absolute atomic E-state index is 0.0411. The second kappa shape index (κ2) is 7.40. The number of aliphatic hydroxyl groups excluding tert-OH is 1. The Labute approximate surface area is 115 Å². The molecule has 5 nitrogen and oxygen atoms in total. The Balaban J connectivity index is 2.51. The topological polar surface area (TPSA) is 58.5 Å². The lowest BCUT2D eigenvalue weighted by Crippen LogP contribution is -2.39. The summed E-state index contributed by atoms with van der Waals surface area (Å²) in [4.78, 5) is 10.7. The third-order valence-corrected chi connectivity index (χ3v) is 3.14. The van der Waals surface area contributed by atoms with Gasteiger partial charge < -0.3 is 9.84 Å². The second-order valence-electron chi connectivity index (χ2n) is 5.20. The van der Waals surface area contributed by atoms with Gasteiger partial charge >= 0.3 is 6.01 Å². The molecular formula is C14H25N3O2. The Morgan fingerprint density at radius 3 is 2.37 bits per heavy atom. The molecule has 0 amide bonds. The summed E-state index contributed by atoms with van der Waals surface area (Å²) in [5, 5.41) is 9.05. The summed E-state index contributed by atoms with van der Waals surface area (Å²) in [5.74, 6) is 0. The maximum Gasteiger partial charge on any atom is 0.316 e. The lowest BCUT2D eigenvalue weighted by Gasteiger charge is -2.30. The number of ether oxygens (including phenoxy) is 1. The standard InChI is InChI=1S/C14H25N3O2/c1-10(2)17(11(3)4)6-7-19-14-15-8-13(9-18)12(5)16-14/h8,10-11,18H,6-7,9H2,1-5H3. The Morgan fingerprint density at radius 2 is 1.89 bits per heavy atom. The predicted octanol–water partition coefficient (Wildman–Crippen LogP) is 1.77. The molecule has 0 saturated heterocycles. The fourth-order valence-corrected chi connectivity index (χ4v) is 2.05. The van der Waals surface area contributed by atoms with E-state index in [0.29, 0.717) is 24.7 Å². The van der Waals surface area contributed by atoms with Crippen molar-refractivity contribution in [3.05, 3.63) is 17.5 Å². The van der Waals surface area contributed by atoms with E-state index in [1.165, 1.54) is 0 Å². The van der Waals surface area contributed by atoms with Crippen LogP contribution in [0.2, 0.25) is 0 Å². The molecule has 0 aliphatic heterocycles. The normalized spacial score (nSPS) is 11.6. The number of hydrogen-bond acceptors (Lipinski definition) is 5. The first-order chi connectivity index (χ1) is 8.95. The van der Waals surface area contributed by atoms with Crippen molar-refractivity contribution in [3.8, 4) is 6.01 Å². The SMILES string of the molecule is Cc1nc(OCCN(C(C)C)C(C)C)ncc1CO. The van der Waals surface area contributed by atoms with E-state index in [0.717, 1.165) is 17.8 Å². The predicted molar refractivity (Wildman–Crippen MR) is 75.2 cm³/mol.